The molecule has 1 aliphatic heterocycles. The van der Waals surface area contributed by atoms with Gasteiger partial charge in [0.05, 0.1) is 20.3 Å². The van der Waals surface area contributed by atoms with Gasteiger partial charge in [-0.1, -0.05) is 0 Å². The normalized spacial score (nSPS) is 17.4. The van der Waals surface area contributed by atoms with Gasteiger partial charge in [0.2, 0.25) is 10.0 Å². The molecule has 0 bridgehead atoms. The van der Waals surface area contributed by atoms with Crippen molar-refractivity contribution in [3.05, 3.63) is 18.0 Å². The van der Waals surface area contributed by atoms with Crippen LogP contribution in [0.1, 0.15) is 10.5 Å². The van der Waals surface area contributed by atoms with E-state index in [1.807, 2.05) is 0 Å². The zero-order valence-corrected chi connectivity index (χ0v) is 11.6. The number of hydrogen-bond acceptors (Lipinski definition) is 5. The minimum atomic E-state index is -3.58. The average molecular weight is 288 g/mol. The van der Waals surface area contributed by atoms with Crippen LogP contribution in [0.3, 0.4) is 0 Å². The summed E-state index contributed by atoms with van der Waals surface area (Å²) in [6.07, 6.45) is 1.41. The lowest BCUT2D eigenvalue weighted by Gasteiger charge is -2.25. The van der Waals surface area contributed by atoms with Crippen molar-refractivity contribution in [3.8, 4) is 0 Å². The van der Waals surface area contributed by atoms with Gasteiger partial charge in [-0.3, -0.25) is 0 Å². The monoisotopic (exact) mass is 288 g/mol. The first-order valence-electron chi connectivity index (χ1n) is 5.79. The molecule has 0 radical (unpaired) electrons. The number of methoxy groups -OCH3 is 1. The van der Waals surface area contributed by atoms with E-state index < -0.39 is 16.0 Å². The smallest absolute Gasteiger partial charge is 0.354 e. The van der Waals surface area contributed by atoms with E-state index in [4.69, 9.17) is 4.74 Å². The summed E-state index contributed by atoms with van der Waals surface area (Å²) >= 11 is 0. The van der Waals surface area contributed by atoms with Crippen molar-refractivity contribution < 1.29 is 22.7 Å². The summed E-state index contributed by atoms with van der Waals surface area (Å²) in [6.45, 7) is 1.42. The number of nitrogens with zero attached hydrogens (tertiary/aromatic N) is 2. The molecule has 19 heavy (non-hydrogen) atoms. The van der Waals surface area contributed by atoms with E-state index in [9.17, 15) is 13.2 Å². The highest BCUT2D eigenvalue weighted by molar-refractivity contribution is 7.89. The Morgan fingerprint density at radius 2 is 2.00 bits per heavy atom. The molecule has 0 unspecified atom stereocenters. The molecular weight excluding hydrogens is 272 g/mol. The lowest BCUT2D eigenvalue weighted by Crippen LogP contribution is -2.40. The molecule has 1 fully saturated rings. The van der Waals surface area contributed by atoms with Crippen LogP contribution in [0.15, 0.2) is 17.2 Å². The largest absolute Gasteiger partial charge is 0.464 e. The quantitative estimate of drug-likeness (QED) is 0.722. The van der Waals surface area contributed by atoms with Gasteiger partial charge in [-0.15, -0.1) is 0 Å². The molecular formula is C11H16N2O5S. The lowest BCUT2D eigenvalue weighted by molar-refractivity contribution is 0.0590. The Bertz CT molecular complexity index is 572. The zero-order chi connectivity index (χ0) is 14.0. The van der Waals surface area contributed by atoms with E-state index in [0.717, 1.165) is 0 Å². The molecule has 0 saturated carbocycles. The molecule has 0 amide bonds. The van der Waals surface area contributed by atoms with Crippen LogP contribution in [0.2, 0.25) is 0 Å². The van der Waals surface area contributed by atoms with Crippen molar-refractivity contribution in [1.82, 2.24) is 8.87 Å². The highest BCUT2D eigenvalue weighted by Gasteiger charge is 2.28. The Morgan fingerprint density at radius 1 is 1.37 bits per heavy atom. The summed E-state index contributed by atoms with van der Waals surface area (Å²) in [5.41, 5.74) is 0.203. The fourth-order valence-electron chi connectivity index (χ4n) is 1.92. The molecule has 2 heterocycles. The van der Waals surface area contributed by atoms with Gasteiger partial charge < -0.3 is 14.0 Å². The number of aryl methyl sites for hydroxylation is 1. The molecule has 0 aliphatic carbocycles. The van der Waals surface area contributed by atoms with Crippen molar-refractivity contribution in [2.24, 2.45) is 7.05 Å². The molecule has 0 N–H and O–H groups in total. The van der Waals surface area contributed by atoms with Crippen molar-refractivity contribution in [2.45, 2.75) is 4.90 Å². The predicted octanol–water partition coefficient (Wildman–Crippen LogP) is -0.167. The van der Waals surface area contributed by atoms with Crippen molar-refractivity contribution in [2.75, 3.05) is 33.4 Å². The predicted molar refractivity (Wildman–Crippen MR) is 66.3 cm³/mol. The third kappa shape index (κ3) is 2.65. The summed E-state index contributed by atoms with van der Waals surface area (Å²) in [7, 11) is -0.724. The summed E-state index contributed by atoms with van der Waals surface area (Å²) < 4.78 is 37.3. The number of carbonyl (C=O) groups is 1. The zero-order valence-electron chi connectivity index (χ0n) is 10.8. The van der Waals surface area contributed by atoms with Gasteiger partial charge in [0.1, 0.15) is 10.6 Å². The fourth-order valence-corrected chi connectivity index (χ4v) is 3.40. The standard InChI is InChI=1S/C11H16N2O5S/c1-12-8-9(7-10(12)11(14)17-2)19(15,16)13-3-5-18-6-4-13/h7-8H,3-6H2,1-2H3. The third-order valence-corrected chi connectivity index (χ3v) is 4.85. The lowest BCUT2D eigenvalue weighted by atomic mass is 10.4. The molecule has 0 aromatic carbocycles. The van der Waals surface area contributed by atoms with Gasteiger partial charge in [-0.2, -0.15) is 4.31 Å². The Balaban J connectivity index is 2.33. The second-order valence-electron chi connectivity index (χ2n) is 4.18. The van der Waals surface area contributed by atoms with Crippen LogP contribution in [0.5, 0.6) is 0 Å². The average Bonchev–Trinajstić information content (AvgIpc) is 2.81. The Labute approximate surface area is 111 Å². The SMILES string of the molecule is COC(=O)c1cc(S(=O)(=O)N2CCOCC2)cn1C. The molecule has 1 aromatic heterocycles. The van der Waals surface area contributed by atoms with Gasteiger partial charge >= 0.3 is 5.97 Å². The fraction of sp³-hybridized carbons (Fsp3) is 0.545. The van der Waals surface area contributed by atoms with E-state index in [0.29, 0.717) is 26.3 Å². The van der Waals surface area contributed by atoms with E-state index in [1.54, 1.807) is 7.05 Å². The van der Waals surface area contributed by atoms with E-state index in [2.05, 4.69) is 4.74 Å². The van der Waals surface area contributed by atoms with Crippen LogP contribution >= 0.6 is 0 Å². The van der Waals surface area contributed by atoms with Gasteiger partial charge in [0.25, 0.3) is 0 Å². The number of sulfonamides is 1. The van der Waals surface area contributed by atoms with Gasteiger partial charge in [-0.25, -0.2) is 13.2 Å². The maximum absolute atomic E-state index is 12.4. The number of carbonyl (C=O) groups excluding carboxylic acids is 1. The summed E-state index contributed by atoms with van der Waals surface area (Å²) in [5.74, 6) is -0.564. The molecule has 106 valence electrons. The summed E-state index contributed by atoms with van der Waals surface area (Å²) in [6, 6.07) is 1.33. The summed E-state index contributed by atoms with van der Waals surface area (Å²) in [4.78, 5) is 11.6. The minimum absolute atomic E-state index is 0.0947. The Kier molecular flexibility index (Phi) is 3.93. The van der Waals surface area contributed by atoms with Crippen molar-refractivity contribution in [3.63, 3.8) is 0 Å². The first-order chi connectivity index (χ1) is 8.96. The molecule has 0 spiro atoms. The highest BCUT2D eigenvalue weighted by atomic mass is 32.2. The number of hydrogen-bond donors (Lipinski definition) is 0. The van der Waals surface area contributed by atoms with Crippen LogP contribution in [-0.2, 0) is 26.5 Å². The molecule has 1 saturated heterocycles. The topological polar surface area (TPSA) is 77.8 Å². The highest BCUT2D eigenvalue weighted by Crippen LogP contribution is 2.19. The van der Waals surface area contributed by atoms with Crippen LogP contribution in [0.4, 0.5) is 0 Å². The molecule has 1 aromatic rings. The molecule has 1 aliphatic rings. The van der Waals surface area contributed by atoms with Crippen molar-refractivity contribution in [1.29, 1.82) is 0 Å². The molecule has 7 nitrogen and oxygen atoms in total. The second kappa shape index (κ2) is 5.32. The van der Waals surface area contributed by atoms with Crippen LogP contribution in [-0.4, -0.2) is 56.7 Å². The van der Waals surface area contributed by atoms with E-state index in [-0.39, 0.29) is 10.6 Å². The van der Waals surface area contributed by atoms with E-state index in [1.165, 1.54) is 28.2 Å². The number of esters is 1. The Morgan fingerprint density at radius 3 is 2.58 bits per heavy atom. The second-order valence-corrected chi connectivity index (χ2v) is 6.12. The van der Waals surface area contributed by atoms with Crippen LogP contribution in [0.25, 0.3) is 0 Å². The van der Waals surface area contributed by atoms with Gasteiger partial charge in [0, 0.05) is 26.3 Å². The minimum Gasteiger partial charge on any atom is -0.464 e. The maximum Gasteiger partial charge on any atom is 0.354 e. The number of aromatic nitrogens is 1. The van der Waals surface area contributed by atoms with Crippen LogP contribution in [0, 0.1) is 0 Å². The molecule has 2 rings (SSSR count). The van der Waals surface area contributed by atoms with E-state index >= 15 is 0 Å². The number of morpholine rings is 1. The number of ether oxygens (including phenoxy) is 2. The third-order valence-electron chi connectivity index (χ3n) is 2.98. The molecule has 0 atom stereocenters. The first kappa shape index (κ1) is 14.0. The van der Waals surface area contributed by atoms with Gasteiger partial charge in [-0.05, 0) is 6.07 Å². The first-order valence-corrected chi connectivity index (χ1v) is 7.23. The molecule has 8 heteroatoms. The van der Waals surface area contributed by atoms with Gasteiger partial charge in [0.15, 0.2) is 0 Å². The van der Waals surface area contributed by atoms with Crippen LogP contribution < -0.4 is 0 Å². The maximum atomic E-state index is 12.4. The Hall–Kier alpha value is -1.38. The summed E-state index contributed by atoms with van der Waals surface area (Å²) in [5, 5.41) is 0. The van der Waals surface area contributed by atoms with Crippen molar-refractivity contribution >= 4 is 16.0 Å². The number of rotatable bonds is 3.